The number of methoxy groups -OCH3 is 1. The molecule has 2 heterocycles. The minimum absolute atomic E-state index is 0.0326. The first-order chi connectivity index (χ1) is 16.6. The predicted octanol–water partition coefficient (Wildman–Crippen LogP) is 3.91. The van der Waals surface area contributed by atoms with Crippen molar-refractivity contribution in [3.05, 3.63) is 64.2 Å². The van der Waals surface area contributed by atoms with Gasteiger partial charge in [0.1, 0.15) is 5.75 Å². The molecule has 0 saturated carbocycles. The van der Waals surface area contributed by atoms with E-state index in [4.69, 9.17) is 14.2 Å². The molecule has 3 aromatic rings. The van der Waals surface area contributed by atoms with Crippen LogP contribution in [0.1, 0.15) is 45.3 Å². The van der Waals surface area contributed by atoms with Gasteiger partial charge in [-0.05, 0) is 55.5 Å². The van der Waals surface area contributed by atoms with Crippen molar-refractivity contribution in [1.29, 1.82) is 0 Å². The minimum Gasteiger partial charge on any atom is -0.496 e. The molecule has 2 aliphatic rings. The highest BCUT2D eigenvalue weighted by atomic mass is 32.1. The number of carbonyl (C=O) groups is 2. The van der Waals surface area contributed by atoms with Crippen LogP contribution in [0.15, 0.2) is 42.5 Å². The molecule has 0 saturated heterocycles. The molecule has 176 valence electrons. The molecule has 1 aromatic heterocycles. The first-order valence-electron chi connectivity index (χ1n) is 11.2. The number of thiazole rings is 1. The SMILES string of the molecule is COc1ccccc1CCNC(=O)[C@@H]1CCCc2sc(NC(=O)c3ccc4c(c3)OCO4)nc21. The number of rotatable bonds is 7. The Kier molecular flexibility index (Phi) is 6.35. The molecule has 8 nitrogen and oxygen atoms in total. The second-order valence-corrected chi connectivity index (χ2v) is 9.23. The molecule has 1 aliphatic carbocycles. The first kappa shape index (κ1) is 22.2. The topological polar surface area (TPSA) is 98.8 Å². The van der Waals surface area contributed by atoms with E-state index in [1.165, 1.54) is 11.3 Å². The van der Waals surface area contributed by atoms with Crippen molar-refractivity contribution < 1.29 is 23.8 Å². The average Bonchev–Trinajstić information content (AvgIpc) is 3.49. The average molecular weight is 480 g/mol. The van der Waals surface area contributed by atoms with Crippen molar-refractivity contribution in [3.63, 3.8) is 0 Å². The number of anilines is 1. The summed E-state index contributed by atoms with van der Waals surface area (Å²) in [5.74, 6) is 1.38. The van der Waals surface area contributed by atoms with Crippen molar-refractivity contribution in [2.45, 2.75) is 31.6 Å². The molecule has 1 atom stereocenters. The van der Waals surface area contributed by atoms with Gasteiger partial charge in [-0.25, -0.2) is 4.98 Å². The highest BCUT2D eigenvalue weighted by Gasteiger charge is 2.30. The number of aryl methyl sites for hydroxylation is 1. The summed E-state index contributed by atoms with van der Waals surface area (Å²) in [5.41, 5.74) is 2.28. The third kappa shape index (κ3) is 4.56. The Hall–Kier alpha value is -3.59. The van der Waals surface area contributed by atoms with E-state index < -0.39 is 0 Å². The van der Waals surface area contributed by atoms with Gasteiger partial charge in [-0.3, -0.25) is 14.9 Å². The molecule has 2 aromatic carbocycles. The Morgan fingerprint density at radius 1 is 1.18 bits per heavy atom. The van der Waals surface area contributed by atoms with Crippen LogP contribution in [0, 0.1) is 0 Å². The maximum absolute atomic E-state index is 13.0. The number of amides is 2. The van der Waals surface area contributed by atoms with Crippen molar-refractivity contribution >= 4 is 28.3 Å². The number of ether oxygens (including phenoxy) is 3. The zero-order valence-electron chi connectivity index (χ0n) is 18.8. The number of benzene rings is 2. The summed E-state index contributed by atoms with van der Waals surface area (Å²) < 4.78 is 16.0. The summed E-state index contributed by atoms with van der Waals surface area (Å²) in [4.78, 5) is 31.4. The van der Waals surface area contributed by atoms with Gasteiger partial charge in [0.05, 0.1) is 18.7 Å². The van der Waals surface area contributed by atoms with Crippen molar-refractivity contribution in [2.75, 3.05) is 25.8 Å². The molecule has 0 unspecified atom stereocenters. The number of fused-ring (bicyclic) bond motifs is 2. The van der Waals surface area contributed by atoms with E-state index in [-0.39, 0.29) is 24.5 Å². The number of hydrogen-bond acceptors (Lipinski definition) is 7. The predicted molar refractivity (Wildman–Crippen MR) is 128 cm³/mol. The van der Waals surface area contributed by atoms with Crippen LogP contribution in [0.4, 0.5) is 5.13 Å². The number of carbonyl (C=O) groups excluding carboxylic acids is 2. The van der Waals surface area contributed by atoms with E-state index in [0.29, 0.717) is 35.2 Å². The second-order valence-electron chi connectivity index (χ2n) is 8.15. The number of nitrogens with one attached hydrogen (secondary N) is 2. The highest BCUT2D eigenvalue weighted by Crippen LogP contribution is 2.37. The maximum Gasteiger partial charge on any atom is 0.257 e. The van der Waals surface area contributed by atoms with Crippen LogP contribution in [0.5, 0.6) is 17.2 Å². The zero-order valence-corrected chi connectivity index (χ0v) is 19.6. The number of aromatic nitrogens is 1. The van der Waals surface area contributed by atoms with E-state index >= 15 is 0 Å². The minimum atomic E-state index is -0.311. The number of para-hydroxylation sites is 1. The summed E-state index contributed by atoms with van der Waals surface area (Å²) >= 11 is 1.44. The largest absolute Gasteiger partial charge is 0.496 e. The fourth-order valence-corrected chi connectivity index (χ4v) is 5.35. The third-order valence-corrected chi connectivity index (χ3v) is 7.06. The molecule has 0 spiro atoms. The molecule has 2 N–H and O–H groups in total. The third-order valence-electron chi connectivity index (χ3n) is 6.01. The normalized spacial score (nSPS) is 16.0. The monoisotopic (exact) mass is 479 g/mol. The van der Waals surface area contributed by atoms with E-state index in [2.05, 4.69) is 15.6 Å². The van der Waals surface area contributed by atoms with Crippen molar-refractivity contribution in [3.8, 4) is 17.2 Å². The maximum atomic E-state index is 13.0. The van der Waals surface area contributed by atoms with E-state index in [9.17, 15) is 9.59 Å². The van der Waals surface area contributed by atoms with Gasteiger partial charge in [0.15, 0.2) is 16.6 Å². The van der Waals surface area contributed by atoms with Gasteiger partial charge in [-0.2, -0.15) is 0 Å². The van der Waals surface area contributed by atoms with Gasteiger partial charge < -0.3 is 19.5 Å². The summed E-state index contributed by atoms with van der Waals surface area (Å²) in [6.07, 6.45) is 3.20. The first-order valence-corrected chi connectivity index (χ1v) is 12.0. The number of nitrogens with zero attached hydrogens (tertiary/aromatic N) is 1. The van der Waals surface area contributed by atoms with Gasteiger partial charge in [0, 0.05) is 17.0 Å². The Balaban J connectivity index is 1.23. The van der Waals surface area contributed by atoms with Crippen molar-refractivity contribution in [2.24, 2.45) is 0 Å². The highest BCUT2D eigenvalue weighted by molar-refractivity contribution is 7.16. The van der Waals surface area contributed by atoms with Gasteiger partial charge >= 0.3 is 0 Å². The summed E-state index contributed by atoms with van der Waals surface area (Å²) in [5, 5.41) is 6.42. The van der Waals surface area contributed by atoms with Crippen LogP contribution in [-0.4, -0.2) is 37.2 Å². The van der Waals surface area contributed by atoms with E-state index in [0.717, 1.165) is 41.1 Å². The molecular formula is C25H25N3O5S. The Bertz CT molecular complexity index is 1230. The van der Waals surface area contributed by atoms with E-state index in [1.54, 1.807) is 25.3 Å². The lowest BCUT2D eigenvalue weighted by Gasteiger charge is -2.20. The molecule has 2 amide bonds. The Morgan fingerprint density at radius 3 is 2.91 bits per heavy atom. The van der Waals surface area contributed by atoms with Crippen LogP contribution in [0.25, 0.3) is 0 Å². The molecule has 1 aliphatic heterocycles. The smallest absolute Gasteiger partial charge is 0.257 e. The van der Waals surface area contributed by atoms with Gasteiger partial charge in [-0.1, -0.05) is 18.2 Å². The van der Waals surface area contributed by atoms with Crippen molar-refractivity contribution in [1.82, 2.24) is 10.3 Å². The number of hydrogen-bond donors (Lipinski definition) is 2. The summed E-state index contributed by atoms with van der Waals surface area (Å²) in [6.45, 7) is 0.671. The second kappa shape index (κ2) is 9.72. The molecule has 0 bridgehead atoms. The van der Waals surface area contributed by atoms with Crippen LogP contribution < -0.4 is 24.8 Å². The molecular weight excluding hydrogens is 454 g/mol. The fourth-order valence-electron chi connectivity index (χ4n) is 4.29. The van der Waals surface area contributed by atoms with Crippen LogP contribution >= 0.6 is 11.3 Å². The summed E-state index contributed by atoms with van der Waals surface area (Å²) in [7, 11) is 1.64. The Morgan fingerprint density at radius 2 is 2.03 bits per heavy atom. The van der Waals surface area contributed by atoms with Crippen LogP contribution in [0.3, 0.4) is 0 Å². The van der Waals surface area contributed by atoms with Crippen LogP contribution in [-0.2, 0) is 17.6 Å². The Labute approximate surface area is 201 Å². The lowest BCUT2D eigenvalue weighted by molar-refractivity contribution is -0.122. The van der Waals surface area contributed by atoms with Gasteiger partial charge in [0.2, 0.25) is 12.7 Å². The molecule has 0 fully saturated rings. The summed E-state index contributed by atoms with van der Waals surface area (Å²) in [6, 6.07) is 12.9. The molecule has 5 rings (SSSR count). The van der Waals surface area contributed by atoms with Gasteiger partial charge in [-0.15, -0.1) is 11.3 Å². The molecule has 34 heavy (non-hydrogen) atoms. The van der Waals surface area contributed by atoms with Crippen LogP contribution in [0.2, 0.25) is 0 Å². The quantitative estimate of drug-likeness (QED) is 0.533. The van der Waals surface area contributed by atoms with E-state index in [1.807, 2.05) is 24.3 Å². The standard InChI is InChI=1S/C25H25N3O5S/c1-31-18-7-3-2-5-15(18)11-12-26-24(30)17-6-4-8-21-22(17)27-25(34-21)28-23(29)16-9-10-19-20(13-16)33-14-32-19/h2-3,5,7,9-10,13,17H,4,6,8,11-12,14H2,1H3,(H,26,30)(H,27,28,29)/t17-/m1/s1. The fraction of sp³-hybridized carbons (Fsp3) is 0.320. The lowest BCUT2D eigenvalue weighted by Crippen LogP contribution is -2.32. The van der Waals surface area contributed by atoms with Gasteiger partial charge in [0.25, 0.3) is 5.91 Å². The zero-order chi connectivity index (χ0) is 23.5. The molecule has 9 heteroatoms. The lowest BCUT2D eigenvalue weighted by atomic mass is 9.90. The molecule has 0 radical (unpaired) electrons.